The van der Waals surface area contributed by atoms with Crippen LogP contribution >= 0.6 is 0 Å². The Balaban J connectivity index is 2.33. The van der Waals surface area contributed by atoms with E-state index in [-0.39, 0.29) is 18.2 Å². The molecule has 1 aliphatic carbocycles. The minimum atomic E-state index is -4.03. The van der Waals surface area contributed by atoms with Crippen LogP contribution in [0.1, 0.15) is 39.2 Å². The molecule has 0 radical (unpaired) electrons. The third kappa shape index (κ3) is 4.21. The van der Waals surface area contributed by atoms with Crippen molar-refractivity contribution in [2.75, 3.05) is 0 Å². The maximum Gasteiger partial charge on any atom is 0.243 e. The molecule has 1 aromatic carbocycles. The van der Waals surface area contributed by atoms with Crippen LogP contribution in [0.2, 0.25) is 0 Å². The highest BCUT2D eigenvalue weighted by molar-refractivity contribution is 7.89. The average Bonchev–Trinajstić information content (AvgIpc) is 3.08. The molecule has 0 aliphatic heterocycles. The SMILES string of the molecule is CC(C)(C)NS(=O)(=O)c1ccc(F)c(CNC2CC2)c1F. The Hall–Kier alpha value is -1.05. The van der Waals surface area contributed by atoms with E-state index in [0.717, 1.165) is 25.0 Å². The molecule has 118 valence electrons. The Morgan fingerprint density at radius 1 is 1.24 bits per heavy atom. The van der Waals surface area contributed by atoms with Crippen molar-refractivity contribution in [2.24, 2.45) is 0 Å². The molecule has 1 fully saturated rings. The molecule has 0 atom stereocenters. The number of benzene rings is 1. The van der Waals surface area contributed by atoms with Crippen LogP contribution in [-0.2, 0) is 16.6 Å². The van der Waals surface area contributed by atoms with Gasteiger partial charge in [0.05, 0.1) is 0 Å². The van der Waals surface area contributed by atoms with E-state index in [2.05, 4.69) is 10.0 Å². The number of rotatable bonds is 5. The lowest BCUT2D eigenvalue weighted by Crippen LogP contribution is -2.41. The van der Waals surface area contributed by atoms with Gasteiger partial charge in [-0.1, -0.05) is 0 Å². The summed E-state index contributed by atoms with van der Waals surface area (Å²) in [6.07, 6.45) is 1.96. The van der Waals surface area contributed by atoms with Gasteiger partial charge in [-0.3, -0.25) is 0 Å². The van der Waals surface area contributed by atoms with Crippen LogP contribution in [0.5, 0.6) is 0 Å². The highest BCUT2D eigenvalue weighted by Crippen LogP contribution is 2.24. The summed E-state index contributed by atoms with van der Waals surface area (Å²) in [7, 11) is -4.03. The largest absolute Gasteiger partial charge is 0.310 e. The van der Waals surface area contributed by atoms with E-state index in [4.69, 9.17) is 0 Å². The van der Waals surface area contributed by atoms with Crippen LogP contribution in [0.4, 0.5) is 8.78 Å². The van der Waals surface area contributed by atoms with Crippen molar-refractivity contribution < 1.29 is 17.2 Å². The first kappa shape index (κ1) is 16.3. The quantitative estimate of drug-likeness (QED) is 0.876. The van der Waals surface area contributed by atoms with E-state index < -0.39 is 32.1 Å². The minimum absolute atomic E-state index is 0.0127. The van der Waals surface area contributed by atoms with Crippen LogP contribution in [0, 0.1) is 11.6 Å². The van der Waals surface area contributed by atoms with Crippen LogP contribution in [0.15, 0.2) is 17.0 Å². The summed E-state index contributed by atoms with van der Waals surface area (Å²) in [4.78, 5) is -0.522. The van der Waals surface area contributed by atoms with Gasteiger partial charge >= 0.3 is 0 Å². The molecule has 2 rings (SSSR count). The minimum Gasteiger partial charge on any atom is -0.310 e. The number of nitrogens with one attached hydrogen (secondary N) is 2. The Bertz CT molecular complexity index is 635. The van der Waals surface area contributed by atoms with Crippen molar-refractivity contribution in [3.63, 3.8) is 0 Å². The molecule has 0 amide bonds. The van der Waals surface area contributed by atoms with Gasteiger partial charge in [0, 0.05) is 23.7 Å². The van der Waals surface area contributed by atoms with Gasteiger partial charge in [-0.15, -0.1) is 0 Å². The van der Waals surface area contributed by atoms with Crippen molar-refractivity contribution in [1.29, 1.82) is 0 Å². The van der Waals surface area contributed by atoms with Gasteiger partial charge in [0.1, 0.15) is 10.7 Å². The van der Waals surface area contributed by atoms with Crippen LogP contribution in [0.25, 0.3) is 0 Å². The maximum atomic E-state index is 14.4. The second-order valence-corrected chi connectivity index (χ2v) is 8.00. The number of sulfonamides is 1. The van der Waals surface area contributed by atoms with Gasteiger partial charge in [-0.2, -0.15) is 0 Å². The van der Waals surface area contributed by atoms with Crippen molar-refractivity contribution in [1.82, 2.24) is 10.0 Å². The summed E-state index contributed by atoms with van der Waals surface area (Å²) in [6, 6.07) is 2.22. The first-order valence-electron chi connectivity index (χ1n) is 6.84. The molecule has 1 saturated carbocycles. The van der Waals surface area contributed by atoms with E-state index in [1.54, 1.807) is 20.8 Å². The number of halogens is 2. The Morgan fingerprint density at radius 3 is 2.38 bits per heavy atom. The topological polar surface area (TPSA) is 58.2 Å². The molecular formula is C14H20F2N2O2S. The zero-order valence-electron chi connectivity index (χ0n) is 12.3. The molecule has 4 nitrogen and oxygen atoms in total. The normalized spacial score (nSPS) is 16.2. The molecular weight excluding hydrogens is 298 g/mol. The molecule has 0 spiro atoms. The van der Waals surface area contributed by atoms with E-state index in [1.807, 2.05) is 0 Å². The summed E-state index contributed by atoms with van der Waals surface area (Å²) < 4.78 is 54.9. The number of hydrogen-bond donors (Lipinski definition) is 2. The van der Waals surface area contributed by atoms with Crippen molar-refractivity contribution in [3.8, 4) is 0 Å². The lowest BCUT2D eigenvalue weighted by molar-refractivity contribution is 0.480. The van der Waals surface area contributed by atoms with Gasteiger partial charge in [0.25, 0.3) is 0 Å². The predicted octanol–water partition coefficient (Wildman–Crippen LogP) is 2.29. The first-order chi connectivity index (χ1) is 9.60. The molecule has 1 aliphatic rings. The molecule has 0 unspecified atom stereocenters. The van der Waals surface area contributed by atoms with Crippen LogP contribution in [-0.4, -0.2) is 20.0 Å². The van der Waals surface area contributed by atoms with Crippen molar-refractivity contribution in [2.45, 2.75) is 56.6 Å². The molecule has 0 bridgehead atoms. The molecule has 21 heavy (non-hydrogen) atoms. The first-order valence-corrected chi connectivity index (χ1v) is 8.33. The fraction of sp³-hybridized carbons (Fsp3) is 0.571. The molecule has 2 N–H and O–H groups in total. The van der Waals surface area contributed by atoms with Crippen LogP contribution < -0.4 is 10.0 Å². The van der Waals surface area contributed by atoms with E-state index in [0.29, 0.717) is 0 Å². The molecule has 0 aromatic heterocycles. The zero-order chi connectivity index (χ0) is 15.8. The summed E-state index contributed by atoms with van der Waals surface area (Å²) in [6.45, 7) is 4.95. The summed E-state index contributed by atoms with van der Waals surface area (Å²) in [5, 5.41) is 2.99. The van der Waals surface area contributed by atoms with Crippen LogP contribution in [0.3, 0.4) is 0 Å². The zero-order valence-corrected chi connectivity index (χ0v) is 13.2. The highest BCUT2D eigenvalue weighted by Gasteiger charge is 2.28. The average molecular weight is 318 g/mol. The molecule has 0 heterocycles. The fourth-order valence-electron chi connectivity index (χ4n) is 1.94. The standard InChI is InChI=1S/C14H20F2N2O2S/c1-14(2,3)18-21(19,20)12-7-6-11(15)10(13(12)16)8-17-9-4-5-9/h6-7,9,17-18H,4-5,8H2,1-3H3. The van der Waals surface area contributed by atoms with Crippen molar-refractivity contribution in [3.05, 3.63) is 29.3 Å². The molecule has 0 saturated heterocycles. The Kier molecular flexibility index (Phi) is 4.37. The monoisotopic (exact) mass is 318 g/mol. The highest BCUT2D eigenvalue weighted by atomic mass is 32.2. The van der Waals surface area contributed by atoms with Gasteiger partial charge in [0.2, 0.25) is 10.0 Å². The van der Waals surface area contributed by atoms with Gasteiger partial charge in [0.15, 0.2) is 5.82 Å². The smallest absolute Gasteiger partial charge is 0.243 e. The second-order valence-electron chi connectivity index (χ2n) is 6.35. The fourth-order valence-corrected chi connectivity index (χ4v) is 3.46. The van der Waals surface area contributed by atoms with Gasteiger partial charge in [-0.05, 0) is 45.7 Å². The molecule has 1 aromatic rings. The van der Waals surface area contributed by atoms with E-state index >= 15 is 0 Å². The summed E-state index contributed by atoms with van der Waals surface area (Å²) in [5.74, 6) is -1.77. The van der Waals surface area contributed by atoms with Gasteiger partial charge < -0.3 is 5.32 Å². The summed E-state index contributed by atoms with van der Waals surface area (Å²) in [5.41, 5.74) is -0.981. The third-order valence-corrected chi connectivity index (χ3v) is 4.80. The number of hydrogen-bond acceptors (Lipinski definition) is 3. The van der Waals surface area contributed by atoms with Gasteiger partial charge in [-0.25, -0.2) is 21.9 Å². The third-order valence-electron chi connectivity index (χ3n) is 3.03. The summed E-state index contributed by atoms with van der Waals surface area (Å²) >= 11 is 0. The molecule has 7 heteroatoms. The van der Waals surface area contributed by atoms with Crippen molar-refractivity contribution >= 4 is 10.0 Å². The Labute approximate surface area is 124 Å². The lowest BCUT2D eigenvalue weighted by Gasteiger charge is -2.21. The van der Waals surface area contributed by atoms with E-state index in [1.165, 1.54) is 0 Å². The predicted molar refractivity (Wildman–Crippen MR) is 76.3 cm³/mol. The lowest BCUT2D eigenvalue weighted by atomic mass is 10.1. The van der Waals surface area contributed by atoms with E-state index in [9.17, 15) is 17.2 Å². The second kappa shape index (κ2) is 5.62. The Morgan fingerprint density at radius 2 is 1.86 bits per heavy atom. The maximum absolute atomic E-state index is 14.4.